The third-order valence-corrected chi connectivity index (χ3v) is 3.17. The van der Waals surface area contributed by atoms with Crippen LogP contribution in [0.15, 0.2) is 24.5 Å². The van der Waals surface area contributed by atoms with E-state index in [1.165, 1.54) is 11.3 Å². The molecule has 0 aliphatic rings. The predicted octanol–water partition coefficient (Wildman–Crippen LogP) is 1.74. The van der Waals surface area contributed by atoms with Crippen LogP contribution in [0.5, 0.6) is 0 Å². The van der Waals surface area contributed by atoms with Gasteiger partial charge in [-0.05, 0) is 17.7 Å². The molecule has 78 valence electrons. The summed E-state index contributed by atoms with van der Waals surface area (Å²) < 4.78 is 0. The number of hydrogen-bond acceptors (Lipinski definition) is 5. The number of anilines is 1. The van der Waals surface area contributed by atoms with Gasteiger partial charge in [-0.15, -0.1) is 0 Å². The quantitative estimate of drug-likeness (QED) is 0.829. The fraction of sp³-hybridized carbons (Fsp3) is 0.200. The van der Waals surface area contributed by atoms with Crippen LogP contribution >= 0.6 is 11.3 Å². The molecule has 0 atom stereocenters. The first-order valence-corrected chi connectivity index (χ1v) is 5.35. The Morgan fingerprint density at radius 3 is 2.73 bits per heavy atom. The highest BCUT2D eigenvalue weighted by atomic mass is 32.1. The number of aliphatic hydroxyl groups excluding tert-OH is 1. The van der Waals surface area contributed by atoms with Crippen LogP contribution in [0.3, 0.4) is 0 Å². The van der Waals surface area contributed by atoms with Crippen molar-refractivity contribution in [3.05, 3.63) is 30.2 Å². The Morgan fingerprint density at radius 2 is 2.13 bits per heavy atom. The van der Waals surface area contributed by atoms with Crippen LogP contribution in [0.2, 0.25) is 0 Å². The summed E-state index contributed by atoms with van der Waals surface area (Å²) in [5, 5.41) is 13.0. The standard InChI is InChI=1S/C10H11N3OS/c1-11-10-13-8(6-14)9(15-10)7-2-4-12-5-3-7/h2-5,14H,6H2,1H3,(H,11,13). The Hall–Kier alpha value is -1.46. The minimum absolute atomic E-state index is 0.0458. The fourth-order valence-corrected chi connectivity index (χ4v) is 2.23. The largest absolute Gasteiger partial charge is 0.390 e. The number of aliphatic hydroxyl groups is 1. The van der Waals surface area contributed by atoms with Crippen molar-refractivity contribution in [1.82, 2.24) is 9.97 Å². The van der Waals surface area contributed by atoms with E-state index in [4.69, 9.17) is 0 Å². The van der Waals surface area contributed by atoms with Crippen molar-refractivity contribution in [2.45, 2.75) is 6.61 Å². The second-order valence-electron chi connectivity index (χ2n) is 2.94. The molecule has 0 amide bonds. The highest BCUT2D eigenvalue weighted by molar-refractivity contribution is 7.19. The number of hydrogen-bond donors (Lipinski definition) is 2. The molecule has 2 rings (SSSR count). The molecule has 0 fully saturated rings. The van der Waals surface area contributed by atoms with Gasteiger partial charge in [-0.3, -0.25) is 4.98 Å². The van der Waals surface area contributed by atoms with Gasteiger partial charge in [0.05, 0.1) is 17.2 Å². The zero-order chi connectivity index (χ0) is 10.7. The molecule has 2 N–H and O–H groups in total. The van der Waals surface area contributed by atoms with Crippen molar-refractivity contribution < 1.29 is 5.11 Å². The molecule has 4 nitrogen and oxygen atoms in total. The molecular formula is C10H11N3OS. The van der Waals surface area contributed by atoms with Gasteiger partial charge in [-0.1, -0.05) is 11.3 Å². The first-order valence-electron chi connectivity index (χ1n) is 4.54. The number of rotatable bonds is 3. The molecule has 15 heavy (non-hydrogen) atoms. The summed E-state index contributed by atoms with van der Waals surface area (Å²) in [5.41, 5.74) is 1.74. The molecule has 2 heterocycles. The van der Waals surface area contributed by atoms with E-state index in [9.17, 15) is 5.11 Å². The average Bonchev–Trinajstić information content (AvgIpc) is 2.73. The van der Waals surface area contributed by atoms with Crippen LogP contribution in [0, 0.1) is 0 Å². The van der Waals surface area contributed by atoms with Gasteiger partial charge in [-0.25, -0.2) is 4.98 Å². The molecule has 0 unspecified atom stereocenters. The van der Waals surface area contributed by atoms with Crippen LogP contribution in [-0.4, -0.2) is 22.1 Å². The fourth-order valence-electron chi connectivity index (χ4n) is 1.29. The van der Waals surface area contributed by atoms with E-state index >= 15 is 0 Å². The van der Waals surface area contributed by atoms with Gasteiger partial charge in [-0.2, -0.15) is 0 Å². The highest BCUT2D eigenvalue weighted by Gasteiger charge is 2.10. The summed E-state index contributed by atoms with van der Waals surface area (Å²) in [6, 6.07) is 3.82. The highest BCUT2D eigenvalue weighted by Crippen LogP contribution is 2.32. The maximum Gasteiger partial charge on any atom is 0.183 e. The Labute approximate surface area is 91.6 Å². The number of nitrogens with one attached hydrogen (secondary N) is 1. The van der Waals surface area contributed by atoms with E-state index in [2.05, 4.69) is 15.3 Å². The van der Waals surface area contributed by atoms with Gasteiger partial charge in [0.25, 0.3) is 0 Å². The zero-order valence-electron chi connectivity index (χ0n) is 8.27. The Kier molecular flexibility index (Phi) is 2.94. The van der Waals surface area contributed by atoms with Crippen molar-refractivity contribution >= 4 is 16.5 Å². The Bertz CT molecular complexity index is 441. The molecule has 0 saturated heterocycles. The molecule has 2 aromatic rings. The lowest BCUT2D eigenvalue weighted by molar-refractivity contribution is 0.278. The minimum atomic E-state index is -0.0458. The van der Waals surface area contributed by atoms with E-state index in [1.807, 2.05) is 19.2 Å². The number of thiazole rings is 1. The lowest BCUT2D eigenvalue weighted by Gasteiger charge is -1.97. The average molecular weight is 221 g/mol. The van der Waals surface area contributed by atoms with E-state index < -0.39 is 0 Å². The topological polar surface area (TPSA) is 58.0 Å². The van der Waals surface area contributed by atoms with E-state index in [0.717, 1.165) is 15.6 Å². The normalized spacial score (nSPS) is 10.3. The van der Waals surface area contributed by atoms with Crippen molar-refractivity contribution in [3.8, 4) is 10.4 Å². The summed E-state index contributed by atoms with van der Waals surface area (Å²) in [6.07, 6.45) is 3.46. The first-order chi connectivity index (χ1) is 7.35. The maximum atomic E-state index is 9.19. The second kappa shape index (κ2) is 4.37. The molecule has 0 bridgehead atoms. The van der Waals surface area contributed by atoms with Crippen molar-refractivity contribution in [1.29, 1.82) is 0 Å². The van der Waals surface area contributed by atoms with Gasteiger partial charge in [0.15, 0.2) is 5.13 Å². The van der Waals surface area contributed by atoms with Gasteiger partial charge in [0.2, 0.25) is 0 Å². The summed E-state index contributed by atoms with van der Waals surface area (Å²) in [5.74, 6) is 0. The maximum absolute atomic E-state index is 9.19. The lowest BCUT2D eigenvalue weighted by atomic mass is 10.2. The third-order valence-electron chi connectivity index (χ3n) is 2.00. The van der Waals surface area contributed by atoms with Crippen molar-refractivity contribution in [2.24, 2.45) is 0 Å². The van der Waals surface area contributed by atoms with Crippen LogP contribution < -0.4 is 5.32 Å². The summed E-state index contributed by atoms with van der Waals surface area (Å²) in [4.78, 5) is 9.21. The second-order valence-corrected chi connectivity index (χ2v) is 3.94. The zero-order valence-corrected chi connectivity index (χ0v) is 9.08. The summed E-state index contributed by atoms with van der Waals surface area (Å²) >= 11 is 1.53. The SMILES string of the molecule is CNc1nc(CO)c(-c2ccncc2)s1. The van der Waals surface area contributed by atoms with Crippen molar-refractivity contribution in [2.75, 3.05) is 12.4 Å². The van der Waals surface area contributed by atoms with Gasteiger partial charge < -0.3 is 10.4 Å². The molecule has 2 aromatic heterocycles. The molecule has 0 aliphatic heterocycles. The molecule has 0 aliphatic carbocycles. The molecule has 5 heteroatoms. The van der Waals surface area contributed by atoms with Gasteiger partial charge >= 0.3 is 0 Å². The molecule has 0 aromatic carbocycles. The minimum Gasteiger partial charge on any atom is -0.390 e. The molecule has 0 saturated carbocycles. The van der Waals surface area contributed by atoms with Crippen LogP contribution in [0.4, 0.5) is 5.13 Å². The third kappa shape index (κ3) is 1.98. The smallest absolute Gasteiger partial charge is 0.183 e. The van der Waals surface area contributed by atoms with E-state index in [1.54, 1.807) is 12.4 Å². The molecular weight excluding hydrogens is 210 g/mol. The first kappa shape index (κ1) is 10.1. The predicted molar refractivity (Wildman–Crippen MR) is 60.8 cm³/mol. The summed E-state index contributed by atoms with van der Waals surface area (Å²) in [6.45, 7) is -0.0458. The lowest BCUT2D eigenvalue weighted by Crippen LogP contribution is -1.89. The van der Waals surface area contributed by atoms with Gasteiger partial charge in [0, 0.05) is 19.4 Å². The molecule has 0 radical (unpaired) electrons. The van der Waals surface area contributed by atoms with Crippen LogP contribution in [-0.2, 0) is 6.61 Å². The summed E-state index contributed by atoms with van der Waals surface area (Å²) in [7, 11) is 1.82. The monoisotopic (exact) mass is 221 g/mol. The van der Waals surface area contributed by atoms with E-state index in [0.29, 0.717) is 5.69 Å². The van der Waals surface area contributed by atoms with Crippen LogP contribution in [0.25, 0.3) is 10.4 Å². The number of pyridine rings is 1. The van der Waals surface area contributed by atoms with Crippen molar-refractivity contribution in [3.63, 3.8) is 0 Å². The Balaban J connectivity index is 2.47. The number of nitrogens with zero attached hydrogens (tertiary/aromatic N) is 2. The number of aromatic nitrogens is 2. The van der Waals surface area contributed by atoms with Crippen LogP contribution in [0.1, 0.15) is 5.69 Å². The Morgan fingerprint density at radius 1 is 1.40 bits per heavy atom. The van der Waals surface area contributed by atoms with Gasteiger partial charge in [0.1, 0.15) is 0 Å². The van der Waals surface area contributed by atoms with E-state index in [-0.39, 0.29) is 6.61 Å². The molecule has 0 spiro atoms.